The van der Waals surface area contributed by atoms with Gasteiger partial charge in [0, 0.05) is 0 Å². The van der Waals surface area contributed by atoms with Crippen molar-refractivity contribution in [1.29, 1.82) is 0 Å². The lowest BCUT2D eigenvalue weighted by Crippen LogP contribution is -2.63. The van der Waals surface area contributed by atoms with E-state index >= 15 is 0 Å². The summed E-state index contributed by atoms with van der Waals surface area (Å²) in [5.41, 5.74) is 3.13. The molecule has 0 saturated heterocycles. The summed E-state index contributed by atoms with van der Waals surface area (Å²) >= 11 is 0. The van der Waals surface area contributed by atoms with Gasteiger partial charge in [0.1, 0.15) is 0 Å². The fourth-order valence-corrected chi connectivity index (χ4v) is 10.9. The van der Waals surface area contributed by atoms with Crippen LogP contribution in [0.15, 0.2) is 11.1 Å². The van der Waals surface area contributed by atoms with Gasteiger partial charge in [0.15, 0.2) is 0 Å². The second kappa shape index (κ2) is 7.59. The van der Waals surface area contributed by atoms with Gasteiger partial charge < -0.3 is 14.9 Å². The van der Waals surface area contributed by atoms with Gasteiger partial charge in [0.2, 0.25) is 0 Å². The topological polar surface area (TPSA) is 66.8 Å². The van der Waals surface area contributed by atoms with E-state index in [1.54, 1.807) is 18.3 Å². The first kappa shape index (κ1) is 25.8. The molecule has 4 heteroatoms. The molecule has 3 saturated carbocycles. The van der Waals surface area contributed by atoms with Crippen molar-refractivity contribution in [2.75, 3.05) is 7.11 Å². The summed E-state index contributed by atoms with van der Waals surface area (Å²) in [5.74, 6) is 0.865. The Hall–Kier alpha value is -0.870. The molecule has 0 amide bonds. The third kappa shape index (κ3) is 3.14. The molecule has 35 heavy (non-hydrogen) atoms. The second-order valence-corrected chi connectivity index (χ2v) is 15.2. The summed E-state index contributed by atoms with van der Waals surface area (Å²) in [7, 11) is 1.54. The van der Waals surface area contributed by atoms with Crippen LogP contribution in [0.5, 0.6) is 0 Å². The highest BCUT2D eigenvalue weighted by molar-refractivity contribution is 5.76. The fraction of sp³-hybridized carbons (Fsp3) is 0.903. The first-order chi connectivity index (χ1) is 16.1. The van der Waals surface area contributed by atoms with Crippen molar-refractivity contribution in [1.82, 2.24) is 0 Å². The third-order valence-electron chi connectivity index (χ3n) is 13.4. The predicted octanol–water partition coefficient (Wildman–Crippen LogP) is 6.44. The van der Waals surface area contributed by atoms with Crippen LogP contribution in [0.25, 0.3) is 0 Å². The number of ether oxygens (including phenoxy) is 1. The van der Waals surface area contributed by atoms with Crippen LogP contribution in [0.2, 0.25) is 0 Å². The normalized spacial score (nSPS) is 53.1. The van der Waals surface area contributed by atoms with Gasteiger partial charge in [-0.25, -0.2) is 0 Å². The highest BCUT2D eigenvalue weighted by Crippen LogP contribution is 2.75. The van der Waals surface area contributed by atoms with Gasteiger partial charge in [0.05, 0.1) is 24.7 Å². The van der Waals surface area contributed by atoms with E-state index in [-0.39, 0.29) is 38.5 Å². The lowest BCUT2D eigenvalue weighted by Gasteiger charge is -2.69. The number of allylic oxidation sites excluding steroid dienone is 2. The molecular weight excluding hydrogens is 436 g/mol. The smallest absolute Gasteiger partial charge is 0.311 e. The summed E-state index contributed by atoms with van der Waals surface area (Å²) in [4.78, 5) is 12.9. The Morgan fingerprint density at radius 2 is 1.49 bits per heavy atom. The first-order valence-corrected chi connectivity index (χ1v) is 14.3. The van der Waals surface area contributed by atoms with Gasteiger partial charge in [-0.15, -0.1) is 0 Å². The molecule has 0 aromatic rings. The monoisotopic (exact) mass is 486 g/mol. The molecule has 0 aromatic heterocycles. The number of rotatable bonds is 1. The Morgan fingerprint density at radius 1 is 0.829 bits per heavy atom. The molecule has 5 aliphatic carbocycles. The standard InChI is InChI=1S/C31H50O4/c1-26(2)22-10-9-20-19(29(22,5)17-21(32)24(26)33)11-12-31(7)23-18-28(4,25(34)35-8)14-13-27(23,3)15-16-30(20,31)6/h21-24,32-33H,9-18H2,1-8H3/t21-,22-,23+,24-,27+,28+,29+,30+,31-/m0/s1. The zero-order valence-corrected chi connectivity index (χ0v) is 23.6. The number of aliphatic hydroxyl groups is 2. The van der Waals surface area contributed by atoms with E-state index in [4.69, 9.17) is 4.74 Å². The van der Waals surface area contributed by atoms with E-state index in [1.807, 2.05) is 0 Å². The number of aliphatic hydroxyl groups excluding tert-OH is 2. The van der Waals surface area contributed by atoms with Crippen molar-refractivity contribution in [2.45, 2.75) is 125 Å². The lowest BCUT2D eigenvalue weighted by molar-refractivity contribution is -0.181. The summed E-state index contributed by atoms with van der Waals surface area (Å²) in [5, 5.41) is 21.9. The van der Waals surface area contributed by atoms with Crippen LogP contribution in [0.1, 0.15) is 113 Å². The van der Waals surface area contributed by atoms with Crippen LogP contribution in [0, 0.1) is 44.3 Å². The van der Waals surface area contributed by atoms with Crippen molar-refractivity contribution in [3.8, 4) is 0 Å². The molecule has 2 N–H and O–H groups in total. The molecule has 0 heterocycles. The Kier molecular flexibility index (Phi) is 5.59. The molecule has 3 fully saturated rings. The number of carbonyl (C=O) groups is 1. The zero-order valence-electron chi connectivity index (χ0n) is 23.6. The minimum Gasteiger partial charge on any atom is -0.469 e. The van der Waals surface area contributed by atoms with Crippen molar-refractivity contribution in [3.63, 3.8) is 0 Å². The highest BCUT2D eigenvalue weighted by atomic mass is 16.5. The molecule has 0 aromatic carbocycles. The molecule has 9 atom stereocenters. The molecule has 0 spiro atoms. The Labute approximate surface area is 213 Å². The van der Waals surface area contributed by atoms with Gasteiger partial charge in [-0.1, -0.05) is 52.7 Å². The molecule has 0 bridgehead atoms. The number of fused-ring (bicyclic) bond motifs is 6. The molecule has 5 aliphatic rings. The summed E-state index contributed by atoms with van der Waals surface area (Å²) in [6.45, 7) is 16.5. The number of hydrogen-bond donors (Lipinski definition) is 2. The first-order valence-electron chi connectivity index (χ1n) is 14.3. The maximum Gasteiger partial charge on any atom is 0.311 e. The van der Waals surface area contributed by atoms with Crippen LogP contribution >= 0.6 is 0 Å². The lowest BCUT2D eigenvalue weighted by atomic mass is 9.35. The van der Waals surface area contributed by atoms with E-state index in [9.17, 15) is 15.0 Å². The second-order valence-electron chi connectivity index (χ2n) is 15.2. The summed E-state index contributed by atoms with van der Waals surface area (Å²) < 4.78 is 5.30. The average molecular weight is 487 g/mol. The zero-order chi connectivity index (χ0) is 25.8. The Morgan fingerprint density at radius 3 is 2.14 bits per heavy atom. The van der Waals surface area contributed by atoms with Gasteiger partial charge in [-0.3, -0.25) is 4.79 Å². The van der Waals surface area contributed by atoms with Crippen molar-refractivity contribution >= 4 is 5.97 Å². The van der Waals surface area contributed by atoms with Crippen molar-refractivity contribution < 1.29 is 19.7 Å². The number of hydrogen-bond acceptors (Lipinski definition) is 4. The van der Waals surface area contributed by atoms with Crippen LogP contribution in [0.4, 0.5) is 0 Å². The molecular formula is C31H50O4. The maximum atomic E-state index is 12.9. The van der Waals surface area contributed by atoms with E-state index in [1.165, 1.54) is 12.8 Å². The van der Waals surface area contributed by atoms with Gasteiger partial charge in [0.25, 0.3) is 0 Å². The average Bonchev–Trinajstić information content (AvgIpc) is 2.79. The van der Waals surface area contributed by atoms with Crippen LogP contribution in [-0.4, -0.2) is 35.5 Å². The van der Waals surface area contributed by atoms with E-state index < -0.39 is 12.2 Å². The molecule has 0 unspecified atom stereocenters. The Bertz CT molecular complexity index is 952. The summed E-state index contributed by atoms with van der Waals surface area (Å²) in [6.07, 6.45) is 9.25. The molecule has 5 rings (SSSR count). The minimum atomic E-state index is -0.659. The van der Waals surface area contributed by atoms with Crippen molar-refractivity contribution in [3.05, 3.63) is 11.1 Å². The van der Waals surface area contributed by atoms with Crippen LogP contribution in [0.3, 0.4) is 0 Å². The molecule has 4 nitrogen and oxygen atoms in total. The summed E-state index contributed by atoms with van der Waals surface area (Å²) in [6, 6.07) is 0. The van der Waals surface area contributed by atoms with E-state index in [2.05, 4.69) is 48.5 Å². The SMILES string of the molecule is COC(=O)[C@]1(C)CC[C@]2(C)CC[C@]3(C)C4=C(CC[C@@]3(C)[C@@H]2C1)[C@@]1(C)C[C@H](O)[C@H](O)C(C)(C)[C@@H]1CC4. The van der Waals surface area contributed by atoms with E-state index in [0.29, 0.717) is 18.3 Å². The van der Waals surface area contributed by atoms with Crippen molar-refractivity contribution in [2.24, 2.45) is 44.3 Å². The van der Waals surface area contributed by atoms with E-state index in [0.717, 1.165) is 44.9 Å². The third-order valence-corrected chi connectivity index (χ3v) is 13.4. The molecule has 0 aliphatic heterocycles. The largest absolute Gasteiger partial charge is 0.469 e. The molecule has 198 valence electrons. The molecule has 0 radical (unpaired) electrons. The van der Waals surface area contributed by atoms with Gasteiger partial charge in [-0.05, 0) is 110 Å². The fourth-order valence-electron chi connectivity index (χ4n) is 10.9. The number of esters is 1. The number of methoxy groups -OCH3 is 1. The minimum absolute atomic E-state index is 0.0313. The van der Waals surface area contributed by atoms with Gasteiger partial charge >= 0.3 is 5.97 Å². The Balaban J connectivity index is 1.58. The van der Waals surface area contributed by atoms with Gasteiger partial charge in [-0.2, -0.15) is 0 Å². The van der Waals surface area contributed by atoms with Crippen LogP contribution in [-0.2, 0) is 9.53 Å². The van der Waals surface area contributed by atoms with Crippen LogP contribution < -0.4 is 0 Å². The maximum absolute atomic E-state index is 12.9. The number of carbonyl (C=O) groups excluding carboxylic acids is 1. The highest BCUT2D eigenvalue weighted by Gasteiger charge is 2.67. The predicted molar refractivity (Wildman–Crippen MR) is 139 cm³/mol. The quantitative estimate of drug-likeness (QED) is 0.331.